The van der Waals surface area contributed by atoms with Gasteiger partial charge in [0.15, 0.2) is 6.61 Å². The summed E-state index contributed by atoms with van der Waals surface area (Å²) in [5.74, 6) is -1.64. The smallest absolute Gasteiger partial charge is 0.348 e. The van der Waals surface area contributed by atoms with Crippen LogP contribution in [0.5, 0.6) is 0 Å². The highest BCUT2D eigenvalue weighted by atomic mass is 32.1. The van der Waals surface area contributed by atoms with Crippen LogP contribution in [0.2, 0.25) is 0 Å². The van der Waals surface area contributed by atoms with Gasteiger partial charge < -0.3 is 10.1 Å². The van der Waals surface area contributed by atoms with Crippen LogP contribution < -0.4 is 5.32 Å². The van der Waals surface area contributed by atoms with Crippen LogP contribution in [-0.4, -0.2) is 18.5 Å². The standard InChI is InChI=1S/C18H11FN2O3S/c19-14-5-2-6-15-13(14)8-16(25-15)18(23)24-10-17(22)21-12-4-1-3-11(7-12)9-20/h1-8H,10H2,(H,21,22). The number of carbonyl (C=O) groups is 2. The number of rotatable bonds is 4. The normalized spacial score (nSPS) is 10.2. The number of anilines is 1. The molecule has 1 heterocycles. The number of benzene rings is 2. The third-order valence-corrected chi connectivity index (χ3v) is 4.40. The SMILES string of the molecule is N#Cc1cccc(NC(=O)COC(=O)c2cc3c(F)cccc3s2)c1. The van der Waals surface area contributed by atoms with Gasteiger partial charge in [-0.3, -0.25) is 4.79 Å². The Labute approximate surface area is 146 Å². The van der Waals surface area contributed by atoms with Gasteiger partial charge in [-0.1, -0.05) is 12.1 Å². The molecule has 0 unspecified atom stereocenters. The maximum Gasteiger partial charge on any atom is 0.348 e. The molecule has 3 aromatic rings. The van der Waals surface area contributed by atoms with E-state index in [2.05, 4.69) is 5.32 Å². The molecule has 0 fully saturated rings. The summed E-state index contributed by atoms with van der Waals surface area (Å²) in [6, 6.07) is 14.3. The summed E-state index contributed by atoms with van der Waals surface area (Å²) >= 11 is 1.10. The van der Waals surface area contributed by atoms with Crippen LogP contribution in [-0.2, 0) is 9.53 Å². The van der Waals surface area contributed by atoms with Crippen LogP contribution in [0.1, 0.15) is 15.2 Å². The molecular weight excluding hydrogens is 343 g/mol. The van der Waals surface area contributed by atoms with Crippen LogP contribution in [0.3, 0.4) is 0 Å². The minimum Gasteiger partial charge on any atom is -0.451 e. The molecule has 25 heavy (non-hydrogen) atoms. The molecule has 1 N–H and O–H groups in total. The lowest BCUT2D eigenvalue weighted by atomic mass is 10.2. The van der Waals surface area contributed by atoms with E-state index in [9.17, 15) is 14.0 Å². The third kappa shape index (κ3) is 3.82. The molecule has 7 heteroatoms. The van der Waals surface area contributed by atoms with E-state index in [1.54, 1.807) is 30.3 Å². The summed E-state index contributed by atoms with van der Waals surface area (Å²) in [4.78, 5) is 24.1. The van der Waals surface area contributed by atoms with Gasteiger partial charge in [-0.2, -0.15) is 5.26 Å². The fraction of sp³-hybridized carbons (Fsp3) is 0.0556. The molecule has 0 saturated carbocycles. The first kappa shape index (κ1) is 16.6. The van der Waals surface area contributed by atoms with Crippen LogP contribution >= 0.6 is 11.3 Å². The zero-order valence-corrected chi connectivity index (χ0v) is 13.6. The number of hydrogen-bond acceptors (Lipinski definition) is 5. The average Bonchev–Trinajstić information content (AvgIpc) is 3.05. The summed E-state index contributed by atoms with van der Waals surface area (Å²) < 4.78 is 19.2. The van der Waals surface area contributed by atoms with Gasteiger partial charge >= 0.3 is 5.97 Å². The van der Waals surface area contributed by atoms with Crippen molar-refractivity contribution in [3.63, 3.8) is 0 Å². The lowest BCUT2D eigenvalue weighted by Gasteiger charge is -2.06. The summed E-state index contributed by atoms with van der Waals surface area (Å²) in [5.41, 5.74) is 0.839. The summed E-state index contributed by atoms with van der Waals surface area (Å²) in [6.07, 6.45) is 0. The first-order valence-corrected chi connectivity index (χ1v) is 8.03. The number of fused-ring (bicyclic) bond motifs is 1. The molecule has 124 valence electrons. The Morgan fingerprint density at radius 3 is 2.76 bits per heavy atom. The Hall–Kier alpha value is -3.24. The number of nitrogens with zero attached hydrogens (tertiary/aromatic N) is 1. The van der Waals surface area contributed by atoms with Crippen molar-refractivity contribution in [1.82, 2.24) is 0 Å². The Bertz CT molecular complexity index is 1010. The van der Waals surface area contributed by atoms with Crippen molar-refractivity contribution in [2.75, 3.05) is 11.9 Å². The van der Waals surface area contributed by atoms with E-state index in [1.165, 1.54) is 18.2 Å². The van der Waals surface area contributed by atoms with Crippen molar-refractivity contribution >= 4 is 39.0 Å². The molecule has 5 nitrogen and oxygen atoms in total. The van der Waals surface area contributed by atoms with E-state index < -0.39 is 24.3 Å². The molecule has 0 saturated heterocycles. The van der Waals surface area contributed by atoms with Gasteiger partial charge in [0.2, 0.25) is 0 Å². The first-order chi connectivity index (χ1) is 12.1. The van der Waals surface area contributed by atoms with E-state index in [4.69, 9.17) is 10.00 Å². The second kappa shape index (κ2) is 7.11. The fourth-order valence-electron chi connectivity index (χ4n) is 2.19. The molecule has 3 rings (SSSR count). The summed E-state index contributed by atoms with van der Waals surface area (Å²) in [7, 11) is 0. The van der Waals surface area contributed by atoms with Gasteiger partial charge in [-0.15, -0.1) is 11.3 Å². The number of amides is 1. The molecule has 0 aliphatic rings. The molecule has 2 aromatic carbocycles. The van der Waals surface area contributed by atoms with E-state index in [0.29, 0.717) is 21.3 Å². The van der Waals surface area contributed by atoms with Crippen LogP contribution in [0.25, 0.3) is 10.1 Å². The highest BCUT2D eigenvalue weighted by molar-refractivity contribution is 7.20. The van der Waals surface area contributed by atoms with Crippen LogP contribution in [0, 0.1) is 17.1 Å². The van der Waals surface area contributed by atoms with Gasteiger partial charge in [0.05, 0.1) is 11.6 Å². The van der Waals surface area contributed by atoms with Gasteiger partial charge in [0.25, 0.3) is 5.91 Å². The number of esters is 1. The Morgan fingerprint density at radius 1 is 1.20 bits per heavy atom. The van der Waals surface area contributed by atoms with Gasteiger partial charge in [-0.25, -0.2) is 9.18 Å². The van der Waals surface area contributed by atoms with Crippen molar-refractivity contribution in [1.29, 1.82) is 5.26 Å². The number of halogens is 1. The van der Waals surface area contributed by atoms with Crippen molar-refractivity contribution in [3.8, 4) is 6.07 Å². The second-order valence-electron chi connectivity index (χ2n) is 5.08. The fourth-order valence-corrected chi connectivity index (χ4v) is 3.16. The largest absolute Gasteiger partial charge is 0.451 e. The van der Waals surface area contributed by atoms with Crippen LogP contribution in [0.4, 0.5) is 10.1 Å². The monoisotopic (exact) mass is 354 g/mol. The first-order valence-electron chi connectivity index (χ1n) is 7.22. The predicted octanol–water partition coefficient (Wildman–Crippen LogP) is 3.71. The number of ether oxygens (including phenoxy) is 1. The molecule has 1 aromatic heterocycles. The molecule has 0 aliphatic carbocycles. The Kier molecular flexibility index (Phi) is 4.73. The summed E-state index contributed by atoms with van der Waals surface area (Å²) in [5, 5.41) is 11.7. The lowest BCUT2D eigenvalue weighted by Crippen LogP contribution is -2.20. The number of hydrogen-bond donors (Lipinski definition) is 1. The van der Waals surface area contributed by atoms with Gasteiger partial charge in [-0.05, 0) is 36.4 Å². The average molecular weight is 354 g/mol. The third-order valence-electron chi connectivity index (χ3n) is 3.32. The highest BCUT2D eigenvalue weighted by Crippen LogP contribution is 2.28. The molecule has 0 atom stereocenters. The number of nitriles is 1. The predicted molar refractivity (Wildman–Crippen MR) is 91.9 cm³/mol. The van der Waals surface area contributed by atoms with Crippen molar-refractivity contribution in [3.05, 3.63) is 64.8 Å². The maximum atomic E-state index is 13.6. The number of carbonyl (C=O) groups excluding carboxylic acids is 2. The molecule has 0 bridgehead atoms. The van der Waals surface area contributed by atoms with E-state index in [-0.39, 0.29) is 4.88 Å². The highest BCUT2D eigenvalue weighted by Gasteiger charge is 2.15. The van der Waals surface area contributed by atoms with Crippen LogP contribution in [0.15, 0.2) is 48.5 Å². The second-order valence-corrected chi connectivity index (χ2v) is 6.16. The van der Waals surface area contributed by atoms with Gasteiger partial charge in [0, 0.05) is 15.8 Å². The molecule has 0 spiro atoms. The quantitative estimate of drug-likeness (QED) is 0.725. The zero-order chi connectivity index (χ0) is 17.8. The van der Waals surface area contributed by atoms with Crippen molar-refractivity contribution < 1.29 is 18.7 Å². The van der Waals surface area contributed by atoms with E-state index in [0.717, 1.165) is 11.3 Å². The van der Waals surface area contributed by atoms with E-state index >= 15 is 0 Å². The minimum absolute atomic E-state index is 0.222. The van der Waals surface area contributed by atoms with Crippen molar-refractivity contribution in [2.45, 2.75) is 0 Å². The minimum atomic E-state index is -0.693. The van der Waals surface area contributed by atoms with Gasteiger partial charge in [0.1, 0.15) is 10.7 Å². The topological polar surface area (TPSA) is 79.2 Å². The maximum absolute atomic E-state index is 13.6. The van der Waals surface area contributed by atoms with E-state index in [1.807, 2.05) is 6.07 Å². The summed E-state index contributed by atoms with van der Waals surface area (Å²) in [6.45, 7) is -0.480. The zero-order valence-electron chi connectivity index (χ0n) is 12.8. The lowest BCUT2D eigenvalue weighted by molar-refractivity contribution is -0.119. The Balaban J connectivity index is 1.62. The molecule has 1 amide bonds. The van der Waals surface area contributed by atoms with Crippen molar-refractivity contribution in [2.24, 2.45) is 0 Å². The Morgan fingerprint density at radius 2 is 2.00 bits per heavy atom. The number of nitrogens with one attached hydrogen (secondary N) is 1. The molecule has 0 aliphatic heterocycles. The molecular formula is C18H11FN2O3S. The molecule has 0 radical (unpaired) electrons. The number of thiophene rings is 1.